The van der Waals surface area contributed by atoms with Crippen LogP contribution in [-0.4, -0.2) is 19.6 Å². The number of aryl methyl sites for hydroxylation is 1. The Morgan fingerprint density at radius 1 is 0.536 bits per heavy atom. The number of pyridine rings is 1. The molecule has 5 heteroatoms. The molecule has 352 valence electrons. The van der Waals surface area contributed by atoms with Crippen LogP contribution in [0.15, 0.2) is 152 Å². The first-order valence-corrected chi connectivity index (χ1v) is 23.9. The minimum absolute atomic E-state index is 0. The van der Waals surface area contributed by atoms with E-state index in [9.17, 15) is 5.11 Å². The van der Waals surface area contributed by atoms with Crippen LogP contribution < -0.4 is 0 Å². The maximum Gasteiger partial charge on any atom is 0.148 e. The molecular weight excluding hydrogens is 1020 g/mol. The predicted octanol–water partition coefficient (Wildman–Crippen LogP) is 17.9. The average molecular weight is 1090 g/mol. The summed E-state index contributed by atoms with van der Waals surface area (Å²) >= 11 is 0. The molecule has 0 spiro atoms. The number of fused-ring (bicyclic) bond motifs is 1. The van der Waals surface area contributed by atoms with Crippen LogP contribution in [0.3, 0.4) is 0 Å². The molecule has 0 saturated carbocycles. The van der Waals surface area contributed by atoms with E-state index in [0.717, 1.165) is 83.6 Å². The molecule has 2 aromatic heterocycles. The number of benzene rings is 7. The van der Waals surface area contributed by atoms with Gasteiger partial charge in [0.25, 0.3) is 0 Å². The average Bonchev–Trinajstić information content (AvgIpc) is 3.75. The van der Waals surface area contributed by atoms with Gasteiger partial charge in [-0.1, -0.05) is 189 Å². The third-order valence-electron chi connectivity index (χ3n) is 13.2. The van der Waals surface area contributed by atoms with E-state index in [-0.39, 0.29) is 50.1 Å². The van der Waals surface area contributed by atoms with Crippen molar-refractivity contribution in [2.45, 2.75) is 106 Å². The van der Waals surface area contributed by atoms with Gasteiger partial charge < -0.3 is 5.11 Å². The summed E-state index contributed by atoms with van der Waals surface area (Å²) in [4.78, 5) is 10.4. The van der Waals surface area contributed by atoms with Gasteiger partial charge in [0.1, 0.15) is 11.6 Å². The maximum atomic E-state index is 12.4. The van der Waals surface area contributed by atoms with Crippen LogP contribution in [0.1, 0.15) is 139 Å². The maximum absolute atomic E-state index is 12.4. The number of para-hydroxylation sites is 1. The van der Waals surface area contributed by atoms with Crippen molar-refractivity contribution in [1.29, 1.82) is 0 Å². The molecule has 1 N–H and O–H groups in total. The van der Waals surface area contributed by atoms with Crippen molar-refractivity contribution < 1.29 is 33.0 Å². The van der Waals surface area contributed by atoms with E-state index < -0.39 is 18.6 Å². The summed E-state index contributed by atoms with van der Waals surface area (Å²) < 4.78 is 46.8. The molecule has 0 saturated heterocycles. The molecular formula is C64H64N3OPt-. The fourth-order valence-electron chi connectivity index (χ4n) is 9.12. The van der Waals surface area contributed by atoms with Crippen molar-refractivity contribution in [2.75, 3.05) is 0 Å². The first kappa shape index (κ1) is 42.7. The normalized spacial score (nSPS) is 13.3. The van der Waals surface area contributed by atoms with Crippen molar-refractivity contribution in [3.05, 3.63) is 191 Å². The van der Waals surface area contributed by atoms with E-state index in [1.807, 2.05) is 117 Å². The van der Waals surface area contributed by atoms with E-state index in [1.165, 1.54) is 0 Å². The Hall–Kier alpha value is -6.35. The van der Waals surface area contributed by atoms with Gasteiger partial charge in [-0.25, -0.2) is 4.98 Å². The second-order valence-corrected chi connectivity index (χ2v) is 19.6. The monoisotopic (exact) mass is 1090 g/mol. The molecule has 69 heavy (non-hydrogen) atoms. The van der Waals surface area contributed by atoms with Gasteiger partial charge in [-0.3, -0.25) is 9.55 Å². The molecule has 9 aromatic rings. The zero-order valence-electron chi connectivity index (χ0n) is 46.3. The van der Waals surface area contributed by atoms with Crippen LogP contribution in [0.25, 0.3) is 83.9 Å². The Bertz CT molecular complexity index is 3510. The molecule has 9 rings (SSSR count). The van der Waals surface area contributed by atoms with Crippen LogP contribution in [0.2, 0.25) is 0 Å². The number of hydrogen-bond acceptors (Lipinski definition) is 3. The van der Waals surface area contributed by atoms with Gasteiger partial charge in [-0.15, -0.1) is 23.8 Å². The van der Waals surface area contributed by atoms with Gasteiger partial charge in [-0.2, -0.15) is 0 Å². The summed E-state index contributed by atoms with van der Waals surface area (Å²) in [7, 11) is 0. The molecule has 0 unspecified atom stereocenters. The van der Waals surface area contributed by atoms with Crippen LogP contribution in [0, 0.1) is 12.9 Å². The molecule has 2 heterocycles. The minimum atomic E-state index is -2.57. The Morgan fingerprint density at radius 2 is 1.17 bits per heavy atom. The quantitative estimate of drug-likeness (QED) is 0.124. The van der Waals surface area contributed by atoms with Crippen molar-refractivity contribution >= 4 is 11.0 Å². The van der Waals surface area contributed by atoms with Gasteiger partial charge in [0.15, 0.2) is 0 Å². The van der Waals surface area contributed by atoms with E-state index in [4.69, 9.17) is 16.8 Å². The van der Waals surface area contributed by atoms with E-state index in [2.05, 4.69) is 108 Å². The first-order valence-electron chi connectivity index (χ1n) is 26.4. The summed E-state index contributed by atoms with van der Waals surface area (Å²) in [5.74, 6) is -0.773. The number of hydrogen-bond donors (Lipinski definition) is 1. The fourth-order valence-corrected chi connectivity index (χ4v) is 9.12. The molecule has 0 fully saturated rings. The smallest absolute Gasteiger partial charge is 0.148 e. The van der Waals surface area contributed by atoms with Gasteiger partial charge in [0.05, 0.1) is 22.3 Å². The summed E-state index contributed by atoms with van der Waals surface area (Å²) in [5, 5.41) is 12.4. The summed E-state index contributed by atoms with van der Waals surface area (Å²) in [6, 6.07) is 52.2. The van der Waals surface area contributed by atoms with E-state index in [1.54, 1.807) is 6.07 Å². The molecule has 7 aromatic carbocycles. The molecule has 0 amide bonds. The molecule has 0 atom stereocenters. The van der Waals surface area contributed by atoms with Crippen LogP contribution in [-0.2, 0) is 21.1 Å². The van der Waals surface area contributed by atoms with Crippen LogP contribution in [0.4, 0.5) is 0 Å². The summed E-state index contributed by atoms with van der Waals surface area (Å²) in [6.45, 7) is 17.6. The molecule has 0 aliphatic heterocycles. The number of phenols is 1. The molecule has 0 aliphatic rings. The number of imidazole rings is 1. The predicted molar refractivity (Wildman–Crippen MR) is 287 cm³/mol. The Balaban J connectivity index is 0.00000729. The Morgan fingerprint density at radius 3 is 1.86 bits per heavy atom. The number of nitrogens with zero attached hydrogens (tertiary/aromatic N) is 3. The van der Waals surface area contributed by atoms with Crippen LogP contribution >= 0.6 is 0 Å². The second kappa shape index (κ2) is 20.3. The zero-order valence-corrected chi connectivity index (χ0v) is 43.5. The largest absolute Gasteiger partial charge is 0.507 e. The number of rotatable bonds is 12. The SMILES string of the molecule is [2H]C([2H])([2H])c1cc(-c2cc(C(C)C)cc(C([2H])(C)C)c2)ccc1-n1c(-c2cc(C(C)C)cc(C(C)C)c2O)nc2c(-c3[c-]c(-c4cc(-c5ccc(C([2H])(C)C)cc5)ccn4)cc(-c4ccccc4)c3)cccc21.[Pt]. The first-order chi connectivity index (χ1) is 34.5. The number of phenolic OH excluding ortho intramolecular Hbond substituents is 1. The van der Waals surface area contributed by atoms with Gasteiger partial charge in [-0.05, 0) is 128 Å². The van der Waals surface area contributed by atoms with Gasteiger partial charge >= 0.3 is 0 Å². The van der Waals surface area contributed by atoms with Crippen molar-refractivity contribution in [3.63, 3.8) is 0 Å². The van der Waals surface area contributed by atoms with E-state index in [0.29, 0.717) is 28.1 Å². The standard InChI is InChI=1S/C64H64N3O.Pt/c1-38(2)44-20-22-46(23-21-44)48-26-27-65-59(37-48)55-33-52(45-16-13-12-14-17-45)32-54(34-55)56-18-15-19-61-62(56)66-64(58-36-51(41(7)8)35-57(42(9)10)63(58)68)67(61)60-25-24-47(28-43(60)11)53-30-49(39(3)4)29-50(31-53)40(5)6;/h12-33,35-42,68H,1-11H3;/q-1;/i11D3,38D,39D;. The van der Waals surface area contributed by atoms with Crippen molar-refractivity contribution in [1.82, 2.24) is 14.5 Å². The Kier molecular flexibility index (Phi) is 12.6. The van der Waals surface area contributed by atoms with Crippen LogP contribution in [0.5, 0.6) is 5.75 Å². The minimum Gasteiger partial charge on any atom is -0.507 e. The van der Waals surface area contributed by atoms with Crippen molar-refractivity contribution in [3.8, 4) is 78.6 Å². The molecule has 0 aliphatic carbocycles. The summed E-state index contributed by atoms with van der Waals surface area (Å²) in [6.07, 6.45) is 1.82. The van der Waals surface area contributed by atoms with Gasteiger partial charge in [0.2, 0.25) is 0 Å². The third-order valence-corrected chi connectivity index (χ3v) is 13.2. The molecule has 0 bridgehead atoms. The summed E-state index contributed by atoms with van der Waals surface area (Å²) in [5.41, 5.74) is 15.6. The number of aromatic nitrogens is 3. The third kappa shape index (κ3) is 9.93. The molecule has 0 radical (unpaired) electrons. The fraction of sp³-hybridized carbons (Fsp3) is 0.250. The topological polar surface area (TPSA) is 50.9 Å². The zero-order chi connectivity index (χ0) is 52.3. The van der Waals surface area contributed by atoms with E-state index >= 15 is 0 Å². The molecule has 4 nitrogen and oxygen atoms in total. The number of aromatic hydroxyl groups is 1. The Labute approximate surface area is 431 Å². The second-order valence-electron chi connectivity index (χ2n) is 19.6. The van der Waals surface area contributed by atoms with Gasteiger partial charge in [0, 0.05) is 39.8 Å². The van der Waals surface area contributed by atoms with Crippen molar-refractivity contribution in [2.24, 2.45) is 0 Å².